The summed E-state index contributed by atoms with van der Waals surface area (Å²) in [6.07, 6.45) is -2.96. The van der Waals surface area contributed by atoms with Crippen LogP contribution in [0.3, 0.4) is 0 Å². The zero-order chi connectivity index (χ0) is 28.3. The molecule has 0 spiro atoms. The van der Waals surface area contributed by atoms with Gasteiger partial charge in [-0.2, -0.15) is 25.9 Å². The second-order valence-electron chi connectivity index (χ2n) is 10.5. The largest absolute Gasteiger partial charge is 0.490 e. The number of rotatable bonds is 5. The van der Waals surface area contributed by atoms with Crippen molar-refractivity contribution in [3.63, 3.8) is 0 Å². The zero-order valence-corrected chi connectivity index (χ0v) is 22.9. The standard InChI is InChI=1S/C22H35N5O3S.C2HF3O2/c1-22(2,3)21-24-19-15-18(25(4)31(28,29)26-11-9-23-10-12-26)5-6-20(19)27(21)16-17-7-13-30-14-8-17;3-2(4,5)1(6)7/h5-6,15,17,23H,7-14,16H2,1-4H3;(H,6,7). The Kier molecular flexibility index (Phi) is 9.32. The molecular formula is C24H36F3N5O5S. The first-order valence-corrected chi connectivity index (χ1v) is 13.9. The third kappa shape index (κ3) is 7.16. The number of ether oxygens (including phenoxy) is 1. The van der Waals surface area contributed by atoms with Gasteiger partial charge >= 0.3 is 22.4 Å². The summed E-state index contributed by atoms with van der Waals surface area (Å²) in [5.41, 5.74) is 2.44. The molecule has 10 nitrogen and oxygen atoms in total. The SMILES string of the molecule is CN(c1ccc2c(c1)nc(C(C)(C)C)n2CC1CCOCC1)S(=O)(=O)N1CCNCC1.O=C(O)C(F)(F)F. The highest BCUT2D eigenvalue weighted by Gasteiger charge is 2.38. The second kappa shape index (κ2) is 11.8. The molecule has 0 bridgehead atoms. The van der Waals surface area contributed by atoms with Gasteiger partial charge in [0.15, 0.2) is 0 Å². The van der Waals surface area contributed by atoms with Crippen LogP contribution in [0.4, 0.5) is 18.9 Å². The highest BCUT2D eigenvalue weighted by molar-refractivity contribution is 7.90. The van der Waals surface area contributed by atoms with Crippen molar-refractivity contribution < 1.29 is 36.2 Å². The van der Waals surface area contributed by atoms with Crippen molar-refractivity contribution in [2.24, 2.45) is 5.92 Å². The molecule has 214 valence electrons. The molecule has 38 heavy (non-hydrogen) atoms. The van der Waals surface area contributed by atoms with Crippen molar-refractivity contribution in [3.8, 4) is 0 Å². The summed E-state index contributed by atoms with van der Waals surface area (Å²) in [6, 6.07) is 5.83. The third-order valence-electron chi connectivity index (χ3n) is 6.54. The first-order valence-electron chi connectivity index (χ1n) is 12.5. The van der Waals surface area contributed by atoms with E-state index in [1.165, 1.54) is 8.61 Å². The first kappa shape index (κ1) is 30.1. The maximum atomic E-state index is 13.1. The first-order chi connectivity index (χ1) is 17.6. The van der Waals surface area contributed by atoms with Crippen molar-refractivity contribution in [2.45, 2.75) is 51.7 Å². The fourth-order valence-corrected chi connectivity index (χ4v) is 5.81. The molecule has 0 atom stereocenters. The molecule has 0 radical (unpaired) electrons. The lowest BCUT2D eigenvalue weighted by atomic mass is 9.94. The number of carbonyl (C=O) groups is 1. The topological polar surface area (TPSA) is 117 Å². The van der Waals surface area contributed by atoms with Crippen LogP contribution in [0.1, 0.15) is 39.4 Å². The van der Waals surface area contributed by atoms with Gasteiger partial charge in [0, 0.05) is 58.4 Å². The van der Waals surface area contributed by atoms with E-state index in [1.807, 2.05) is 18.2 Å². The van der Waals surface area contributed by atoms with E-state index in [4.69, 9.17) is 19.6 Å². The zero-order valence-electron chi connectivity index (χ0n) is 22.1. The molecule has 2 aliphatic heterocycles. The minimum Gasteiger partial charge on any atom is -0.475 e. The number of halogens is 3. The highest BCUT2D eigenvalue weighted by atomic mass is 32.2. The summed E-state index contributed by atoms with van der Waals surface area (Å²) in [5.74, 6) is -1.14. The number of hydrogen-bond donors (Lipinski definition) is 2. The number of aliphatic carboxylic acids is 1. The summed E-state index contributed by atoms with van der Waals surface area (Å²) in [6.45, 7) is 11.4. The number of fused-ring (bicyclic) bond motifs is 1. The number of imidazole rings is 1. The Labute approximate surface area is 220 Å². The molecule has 2 aliphatic rings. The van der Waals surface area contributed by atoms with Gasteiger partial charge in [-0.1, -0.05) is 20.8 Å². The number of benzene rings is 1. The molecule has 0 saturated carbocycles. The Balaban J connectivity index is 0.000000505. The lowest BCUT2D eigenvalue weighted by Crippen LogP contribution is -2.51. The van der Waals surface area contributed by atoms with Crippen molar-refractivity contribution in [1.82, 2.24) is 19.2 Å². The fraction of sp³-hybridized carbons (Fsp3) is 0.667. The van der Waals surface area contributed by atoms with Gasteiger partial charge in [0.05, 0.1) is 16.7 Å². The summed E-state index contributed by atoms with van der Waals surface area (Å²) in [7, 11) is -1.93. The van der Waals surface area contributed by atoms with Crippen LogP contribution in [0.15, 0.2) is 18.2 Å². The molecular weight excluding hydrogens is 527 g/mol. The quantitative estimate of drug-likeness (QED) is 0.575. The van der Waals surface area contributed by atoms with Gasteiger partial charge in [0.2, 0.25) is 0 Å². The molecule has 2 aromatic rings. The van der Waals surface area contributed by atoms with Gasteiger partial charge in [-0.25, -0.2) is 9.78 Å². The fourth-order valence-electron chi connectivity index (χ4n) is 4.44. The van der Waals surface area contributed by atoms with E-state index in [1.54, 1.807) is 7.05 Å². The van der Waals surface area contributed by atoms with E-state index < -0.39 is 22.4 Å². The number of anilines is 1. The molecule has 14 heteroatoms. The Morgan fingerprint density at radius 3 is 2.29 bits per heavy atom. The lowest BCUT2D eigenvalue weighted by Gasteiger charge is -2.31. The molecule has 0 amide bonds. The number of alkyl halides is 3. The van der Waals surface area contributed by atoms with E-state index in [0.717, 1.165) is 49.5 Å². The smallest absolute Gasteiger partial charge is 0.475 e. The highest BCUT2D eigenvalue weighted by Crippen LogP contribution is 2.31. The maximum absolute atomic E-state index is 13.1. The average molecular weight is 564 g/mol. The Hall–Kier alpha value is -2.42. The predicted molar refractivity (Wildman–Crippen MR) is 137 cm³/mol. The number of hydrogen-bond acceptors (Lipinski definition) is 6. The van der Waals surface area contributed by atoms with Crippen molar-refractivity contribution in [1.29, 1.82) is 0 Å². The Morgan fingerprint density at radius 2 is 1.76 bits per heavy atom. The van der Waals surface area contributed by atoms with E-state index in [-0.39, 0.29) is 5.41 Å². The van der Waals surface area contributed by atoms with Crippen LogP contribution in [0, 0.1) is 5.92 Å². The van der Waals surface area contributed by atoms with Crippen molar-refractivity contribution in [3.05, 3.63) is 24.0 Å². The molecule has 2 N–H and O–H groups in total. The van der Waals surface area contributed by atoms with Crippen LogP contribution in [0.5, 0.6) is 0 Å². The van der Waals surface area contributed by atoms with E-state index in [9.17, 15) is 21.6 Å². The minimum absolute atomic E-state index is 0.108. The third-order valence-corrected chi connectivity index (χ3v) is 8.46. The number of nitrogens with zero attached hydrogens (tertiary/aromatic N) is 4. The summed E-state index contributed by atoms with van der Waals surface area (Å²) in [4.78, 5) is 13.9. The number of carboxylic acid groups (broad SMARTS) is 1. The molecule has 2 fully saturated rings. The minimum atomic E-state index is -5.08. The number of piperazine rings is 1. The van der Waals surface area contributed by atoms with Gasteiger partial charge in [-0.15, -0.1) is 0 Å². The molecule has 4 rings (SSSR count). The van der Waals surface area contributed by atoms with E-state index in [0.29, 0.717) is 37.8 Å². The Morgan fingerprint density at radius 1 is 1.18 bits per heavy atom. The van der Waals surface area contributed by atoms with E-state index >= 15 is 0 Å². The summed E-state index contributed by atoms with van der Waals surface area (Å²) in [5, 5.41) is 10.3. The number of aromatic nitrogens is 2. The monoisotopic (exact) mass is 563 g/mol. The molecule has 3 heterocycles. The average Bonchev–Trinajstić information content (AvgIpc) is 3.22. The molecule has 1 aromatic carbocycles. The van der Waals surface area contributed by atoms with Crippen molar-refractivity contribution >= 4 is 32.9 Å². The number of carboxylic acids is 1. The van der Waals surface area contributed by atoms with Gasteiger partial charge in [-0.05, 0) is 37.0 Å². The Bertz CT molecular complexity index is 1210. The van der Waals surface area contributed by atoms with Crippen LogP contribution in [0.2, 0.25) is 0 Å². The van der Waals surface area contributed by atoms with Gasteiger partial charge in [-0.3, -0.25) is 4.31 Å². The van der Waals surface area contributed by atoms with Crippen LogP contribution in [0.25, 0.3) is 11.0 Å². The second-order valence-corrected chi connectivity index (χ2v) is 12.4. The summed E-state index contributed by atoms with van der Waals surface area (Å²) < 4.78 is 68.7. The van der Waals surface area contributed by atoms with Crippen LogP contribution < -0.4 is 9.62 Å². The predicted octanol–water partition coefficient (Wildman–Crippen LogP) is 2.98. The molecule has 2 saturated heterocycles. The molecule has 0 unspecified atom stereocenters. The number of nitrogens with one attached hydrogen (secondary N) is 1. The molecule has 0 aliphatic carbocycles. The maximum Gasteiger partial charge on any atom is 0.490 e. The van der Waals surface area contributed by atoms with Crippen LogP contribution in [-0.4, -0.2) is 86.0 Å². The van der Waals surface area contributed by atoms with Crippen molar-refractivity contribution in [2.75, 3.05) is 50.7 Å². The lowest BCUT2D eigenvalue weighted by molar-refractivity contribution is -0.192. The van der Waals surface area contributed by atoms with Crippen LogP contribution in [-0.2, 0) is 31.7 Å². The van der Waals surface area contributed by atoms with Crippen LogP contribution >= 0.6 is 0 Å². The van der Waals surface area contributed by atoms with Gasteiger partial charge < -0.3 is 19.7 Å². The molecule has 1 aromatic heterocycles. The van der Waals surface area contributed by atoms with Gasteiger partial charge in [0.25, 0.3) is 0 Å². The van der Waals surface area contributed by atoms with E-state index in [2.05, 4.69) is 30.7 Å². The summed E-state index contributed by atoms with van der Waals surface area (Å²) >= 11 is 0. The van der Waals surface area contributed by atoms with Gasteiger partial charge in [0.1, 0.15) is 5.82 Å². The normalized spacial score (nSPS) is 18.2.